The van der Waals surface area contributed by atoms with Gasteiger partial charge in [-0.2, -0.15) is 0 Å². The highest BCUT2D eigenvalue weighted by Crippen LogP contribution is 2.52. The zero-order chi connectivity index (χ0) is 10.2. The highest BCUT2D eigenvalue weighted by Gasteiger charge is 2.50. The molecule has 0 spiro atoms. The average molecular weight is 195 g/mol. The number of nitrogens with one attached hydrogen (secondary N) is 1. The maximum Gasteiger partial charge on any atom is 0.138 e. The standard InChI is InChI=1S/C12H21NO/c1-12(2)8-10(12)11(14)7-9-5-3-4-6-13-9/h9-10,13H,3-8H2,1-2H3. The molecule has 2 nitrogen and oxygen atoms in total. The smallest absolute Gasteiger partial charge is 0.138 e. The zero-order valence-corrected chi connectivity index (χ0v) is 9.31. The largest absolute Gasteiger partial charge is 0.314 e. The van der Waals surface area contributed by atoms with Crippen molar-refractivity contribution in [3.63, 3.8) is 0 Å². The van der Waals surface area contributed by atoms with E-state index >= 15 is 0 Å². The van der Waals surface area contributed by atoms with Crippen LogP contribution in [0.5, 0.6) is 0 Å². The molecule has 80 valence electrons. The summed E-state index contributed by atoms with van der Waals surface area (Å²) in [5, 5.41) is 3.44. The fourth-order valence-electron chi connectivity index (χ4n) is 2.50. The molecule has 0 aromatic carbocycles. The van der Waals surface area contributed by atoms with E-state index in [1.165, 1.54) is 19.3 Å². The Morgan fingerprint density at radius 3 is 2.64 bits per heavy atom. The third kappa shape index (κ3) is 2.17. The van der Waals surface area contributed by atoms with Crippen LogP contribution in [0.1, 0.15) is 46.0 Å². The zero-order valence-electron chi connectivity index (χ0n) is 9.31. The molecule has 2 heteroatoms. The van der Waals surface area contributed by atoms with Gasteiger partial charge in [0.05, 0.1) is 0 Å². The predicted molar refractivity (Wildman–Crippen MR) is 57.2 cm³/mol. The first-order chi connectivity index (χ1) is 6.59. The van der Waals surface area contributed by atoms with Crippen molar-refractivity contribution in [3.05, 3.63) is 0 Å². The topological polar surface area (TPSA) is 29.1 Å². The molecule has 2 rings (SSSR count). The maximum absolute atomic E-state index is 11.8. The molecule has 2 fully saturated rings. The summed E-state index contributed by atoms with van der Waals surface area (Å²) in [6.45, 7) is 5.50. The summed E-state index contributed by atoms with van der Waals surface area (Å²) in [6.07, 6.45) is 5.64. The van der Waals surface area contributed by atoms with E-state index in [1.807, 2.05) is 0 Å². The van der Waals surface area contributed by atoms with Crippen LogP contribution in [0, 0.1) is 11.3 Å². The number of carbonyl (C=O) groups excluding carboxylic acids is 1. The van der Waals surface area contributed by atoms with Crippen LogP contribution in [0.4, 0.5) is 0 Å². The lowest BCUT2D eigenvalue weighted by Crippen LogP contribution is -2.36. The summed E-state index contributed by atoms with van der Waals surface area (Å²) in [4.78, 5) is 11.8. The molecule has 0 bridgehead atoms. The van der Waals surface area contributed by atoms with Gasteiger partial charge in [0, 0.05) is 18.4 Å². The first-order valence-corrected chi connectivity index (χ1v) is 5.86. The van der Waals surface area contributed by atoms with Gasteiger partial charge in [-0.05, 0) is 31.2 Å². The van der Waals surface area contributed by atoms with E-state index < -0.39 is 0 Å². The Morgan fingerprint density at radius 1 is 1.43 bits per heavy atom. The van der Waals surface area contributed by atoms with Crippen molar-refractivity contribution in [2.45, 2.75) is 52.0 Å². The molecule has 14 heavy (non-hydrogen) atoms. The lowest BCUT2D eigenvalue weighted by molar-refractivity contribution is -0.121. The Labute approximate surface area is 86.5 Å². The minimum atomic E-state index is 0.311. The van der Waals surface area contributed by atoms with Crippen molar-refractivity contribution in [1.82, 2.24) is 5.32 Å². The number of hydrogen-bond acceptors (Lipinski definition) is 2. The molecule has 0 amide bonds. The number of Topliss-reactive ketones (excluding diaryl/α,β-unsaturated/α-hetero) is 1. The summed E-state index contributed by atoms with van der Waals surface area (Å²) < 4.78 is 0. The highest BCUT2D eigenvalue weighted by atomic mass is 16.1. The van der Waals surface area contributed by atoms with Crippen LogP contribution in [-0.4, -0.2) is 18.4 Å². The van der Waals surface area contributed by atoms with Crippen molar-refractivity contribution in [3.8, 4) is 0 Å². The van der Waals surface area contributed by atoms with Crippen LogP contribution in [0.25, 0.3) is 0 Å². The van der Waals surface area contributed by atoms with Crippen LogP contribution in [0.15, 0.2) is 0 Å². The monoisotopic (exact) mass is 195 g/mol. The molecule has 1 saturated carbocycles. The molecule has 0 radical (unpaired) electrons. The minimum absolute atomic E-state index is 0.311. The number of piperidine rings is 1. The quantitative estimate of drug-likeness (QED) is 0.747. The second-order valence-electron chi connectivity index (χ2n) is 5.56. The van der Waals surface area contributed by atoms with Gasteiger partial charge in [-0.15, -0.1) is 0 Å². The van der Waals surface area contributed by atoms with E-state index in [-0.39, 0.29) is 0 Å². The normalized spacial score (nSPS) is 35.3. The van der Waals surface area contributed by atoms with Crippen molar-refractivity contribution < 1.29 is 4.79 Å². The average Bonchev–Trinajstić information content (AvgIpc) is 2.77. The van der Waals surface area contributed by atoms with Gasteiger partial charge in [0.25, 0.3) is 0 Å². The van der Waals surface area contributed by atoms with Crippen LogP contribution in [0.3, 0.4) is 0 Å². The van der Waals surface area contributed by atoms with Gasteiger partial charge in [0.15, 0.2) is 0 Å². The number of carbonyl (C=O) groups is 1. The lowest BCUT2D eigenvalue weighted by Gasteiger charge is -2.22. The molecule has 0 aromatic heterocycles. The van der Waals surface area contributed by atoms with Gasteiger partial charge in [-0.25, -0.2) is 0 Å². The Balaban J connectivity index is 1.77. The molecular formula is C12H21NO. The fraction of sp³-hybridized carbons (Fsp3) is 0.917. The maximum atomic E-state index is 11.8. The molecule has 2 atom stereocenters. The van der Waals surface area contributed by atoms with Crippen molar-refractivity contribution in [1.29, 1.82) is 0 Å². The Morgan fingerprint density at radius 2 is 2.14 bits per heavy atom. The molecule has 1 aliphatic carbocycles. The Bertz CT molecular complexity index is 228. The summed E-state index contributed by atoms with van der Waals surface area (Å²) in [5.41, 5.74) is 0.311. The third-order valence-electron chi connectivity index (χ3n) is 3.76. The van der Waals surface area contributed by atoms with Crippen molar-refractivity contribution in [2.75, 3.05) is 6.54 Å². The van der Waals surface area contributed by atoms with Crippen LogP contribution < -0.4 is 5.32 Å². The van der Waals surface area contributed by atoms with E-state index in [1.54, 1.807) is 0 Å². The molecular weight excluding hydrogens is 174 g/mol. The Hall–Kier alpha value is -0.370. The molecule has 2 unspecified atom stereocenters. The van der Waals surface area contributed by atoms with Gasteiger partial charge in [-0.3, -0.25) is 4.79 Å². The van der Waals surface area contributed by atoms with E-state index in [9.17, 15) is 4.79 Å². The second kappa shape index (κ2) is 3.65. The lowest BCUT2D eigenvalue weighted by atomic mass is 9.96. The molecule has 1 N–H and O–H groups in total. The summed E-state index contributed by atoms with van der Waals surface area (Å²) in [6, 6.07) is 0.479. The SMILES string of the molecule is CC1(C)CC1C(=O)CC1CCCCN1. The van der Waals surface area contributed by atoms with Crippen molar-refractivity contribution in [2.24, 2.45) is 11.3 Å². The van der Waals surface area contributed by atoms with E-state index in [0.29, 0.717) is 23.2 Å². The van der Waals surface area contributed by atoms with E-state index in [0.717, 1.165) is 19.4 Å². The first kappa shape index (κ1) is 10.2. The highest BCUT2D eigenvalue weighted by molar-refractivity contribution is 5.85. The van der Waals surface area contributed by atoms with E-state index in [4.69, 9.17) is 0 Å². The predicted octanol–water partition coefficient (Wildman–Crippen LogP) is 2.13. The molecule has 0 aromatic rings. The first-order valence-electron chi connectivity index (χ1n) is 5.86. The van der Waals surface area contributed by atoms with Crippen LogP contribution in [-0.2, 0) is 4.79 Å². The third-order valence-corrected chi connectivity index (χ3v) is 3.76. The fourth-order valence-corrected chi connectivity index (χ4v) is 2.50. The number of hydrogen-bond donors (Lipinski definition) is 1. The number of rotatable bonds is 3. The molecule has 1 saturated heterocycles. The van der Waals surface area contributed by atoms with Crippen molar-refractivity contribution >= 4 is 5.78 Å². The number of ketones is 1. The molecule has 1 aliphatic heterocycles. The second-order valence-corrected chi connectivity index (χ2v) is 5.56. The van der Waals surface area contributed by atoms with Gasteiger partial charge in [0.1, 0.15) is 5.78 Å². The minimum Gasteiger partial charge on any atom is -0.314 e. The molecule has 2 aliphatic rings. The van der Waals surface area contributed by atoms with Gasteiger partial charge in [-0.1, -0.05) is 20.3 Å². The van der Waals surface area contributed by atoms with Crippen LogP contribution in [0.2, 0.25) is 0 Å². The van der Waals surface area contributed by atoms with Gasteiger partial charge < -0.3 is 5.32 Å². The van der Waals surface area contributed by atoms with E-state index in [2.05, 4.69) is 19.2 Å². The van der Waals surface area contributed by atoms with Gasteiger partial charge in [0.2, 0.25) is 0 Å². The summed E-state index contributed by atoms with van der Waals surface area (Å²) in [5.74, 6) is 0.862. The van der Waals surface area contributed by atoms with Gasteiger partial charge >= 0.3 is 0 Å². The summed E-state index contributed by atoms with van der Waals surface area (Å²) >= 11 is 0. The summed E-state index contributed by atoms with van der Waals surface area (Å²) in [7, 11) is 0. The van der Waals surface area contributed by atoms with Crippen LogP contribution >= 0.6 is 0 Å². The molecule has 1 heterocycles. The Kier molecular flexibility index (Phi) is 2.65.